The predicted molar refractivity (Wildman–Crippen MR) is 112 cm³/mol. The van der Waals surface area contributed by atoms with Crippen LogP contribution in [0.15, 0.2) is 24.5 Å². The van der Waals surface area contributed by atoms with Gasteiger partial charge in [0.2, 0.25) is 11.8 Å². The summed E-state index contributed by atoms with van der Waals surface area (Å²) in [5.41, 5.74) is 1.76. The van der Waals surface area contributed by atoms with Crippen molar-refractivity contribution in [3.8, 4) is 17.5 Å². The highest BCUT2D eigenvalue weighted by Gasteiger charge is 2.21. The summed E-state index contributed by atoms with van der Waals surface area (Å²) in [5, 5.41) is 3.80. The Morgan fingerprint density at radius 1 is 1.20 bits per heavy atom. The van der Waals surface area contributed by atoms with Gasteiger partial charge in [0.25, 0.3) is 0 Å². The zero-order valence-electron chi connectivity index (χ0n) is 16.6. The van der Waals surface area contributed by atoms with Crippen molar-refractivity contribution in [3.05, 3.63) is 40.7 Å². The lowest BCUT2D eigenvalue weighted by Crippen LogP contribution is -2.34. The second-order valence-electron chi connectivity index (χ2n) is 7.39. The first-order chi connectivity index (χ1) is 14.6. The summed E-state index contributed by atoms with van der Waals surface area (Å²) in [6.45, 7) is 4.54. The quantitative estimate of drug-likeness (QED) is 0.713. The van der Waals surface area contributed by atoms with Crippen LogP contribution in [-0.2, 0) is 26.1 Å². The topological polar surface area (TPSA) is 91.8 Å². The second-order valence-corrected chi connectivity index (χ2v) is 8.67. The maximum atomic E-state index is 11.1. The molecule has 162 valence electrons. The Bertz CT molecular complexity index is 900. The number of rotatable bonds is 6. The van der Waals surface area contributed by atoms with Crippen molar-refractivity contribution in [3.63, 3.8) is 0 Å². The summed E-state index contributed by atoms with van der Waals surface area (Å²) in [6.07, 6.45) is 4.17. The van der Waals surface area contributed by atoms with Crippen molar-refractivity contribution in [2.24, 2.45) is 5.92 Å². The van der Waals surface area contributed by atoms with E-state index in [-0.39, 0.29) is 12.0 Å². The van der Waals surface area contributed by atoms with Crippen LogP contribution in [0.2, 0.25) is 5.02 Å². The van der Waals surface area contributed by atoms with Crippen LogP contribution in [0.4, 0.5) is 0 Å². The van der Waals surface area contributed by atoms with Crippen LogP contribution in [-0.4, -0.2) is 46.6 Å². The molecule has 0 unspecified atom stereocenters. The van der Waals surface area contributed by atoms with Gasteiger partial charge in [-0.05, 0) is 57.0 Å². The molecule has 0 bridgehead atoms. The molecule has 0 amide bonds. The molecule has 10 heteroatoms. The number of nitrogens with one attached hydrogen (secondary N) is 1. The van der Waals surface area contributed by atoms with Crippen LogP contribution >= 0.6 is 11.6 Å². The highest BCUT2D eigenvalue weighted by Crippen LogP contribution is 2.33. The fraction of sp³-hybridized carbons (Fsp3) is 0.500. The van der Waals surface area contributed by atoms with Crippen molar-refractivity contribution < 1.29 is 22.0 Å². The second kappa shape index (κ2) is 10.0. The van der Waals surface area contributed by atoms with Gasteiger partial charge in [0, 0.05) is 5.92 Å². The van der Waals surface area contributed by atoms with Gasteiger partial charge in [-0.2, -0.15) is 4.21 Å². The Morgan fingerprint density at radius 3 is 2.67 bits per heavy atom. The van der Waals surface area contributed by atoms with Gasteiger partial charge in [-0.25, -0.2) is 9.97 Å². The third-order valence-electron chi connectivity index (χ3n) is 5.08. The highest BCUT2D eigenvalue weighted by molar-refractivity contribution is 7.75. The van der Waals surface area contributed by atoms with E-state index in [4.69, 9.17) is 29.4 Å². The van der Waals surface area contributed by atoms with E-state index in [0.717, 1.165) is 37.1 Å². The molecule has 1 N–H and O–H groups in total. The van der Waals surface area contributed by atoms with Crippen molar-refractivity contribution >= 4 is 23.0 Å². The van der Waals surface area contributed by atoms with E-state index in [9.17, 15) is 4.21 Å². The fourth-order valence-corrected chi connectivity index (χ4v) is 4.32. The van der Waals surface area contributed by atoms with Gasteiger partial charge in [0.05, 0.1) is 23.8 Å². The molecule has 2 fully saturated rings. The predicted octanol–water partition coefficient (Wildman–Crippen LogP) is 3.15. The van der Waals surface area contributed by atoms with E-state index in [1.54, 1.807) is 0 Å². The molecule has 8 nitrogen and oxygen atoms in total. The molecule has 0 saturated carbocycles. The lowest BCUT2D eigenvalue weighted by molar-refractivity contribution is 0.124. The van der Waals surface area contributed by atoms with Gasteiger partial charge in [-0.3, -0.25) is 8.37 Å². The molecule has 0 atom stereocenters. The van der Waals surface area contributed by atoms with Gasteiger partial charge in [-0.15, -0.1) is 0 Å². The normalized spacial score (nSPS) is 22.6. The molecular weight excluding hydrogens is 430 g/mol. The Labute approximate surface area is 183 Å². The molecule has 30 heavy (non-hydrogen) atoms. The zero-order valence-corrected chi connectivity index (χ0v) is 18.2. The standard InChI is InChI=1S/C20H24ClN3O5S/c1-13-19(28-16-4-6-22-7-5-16)23-12-24-20(13)29-18-3-2-14(9-17(18)21)8-15-10-26-30(25)27-11-15/h2-3,9,12,15-16,22H,4-8,10-11H2,1H3. The van der Waals surface area contributed by atoms with Crippen molar-refractivity contribution in [1.29, 1.82) is 0 Å². The molecular formula is C20H24ClN3O5S. The number of hydrogen-bond acceptors (Lipinski definition) is 8. The number of ether oxygens (including phenoxy) is 2. The summed E-state index contributed by atoms with van der Waals surface area (Å²) >= 11 is 4.82. The van der Waals surface area contributed by atoms with E-state index in [1.807, 2.05) is 25.1 Å². The first kappa shape index (κ1) is 21.5. The molecule has 0 radical (unpaired) electrons. The molecule has 2 aromatic rings. The highest BCUT2D eigenvalue weighted by atomic mass is 35.5. The SMILES string of the molecule is Cc1c(Oc2ccc(CC3COS(=O)OC3)cc2Cl)ncnc1OC1CCNCC1. The van der Waals surface area contributed by atoms with E-state index in [2.05, 4.69) is 15.3 Å². The summed E-state index contributed by atoms with van der Waals surface area (Å²) < 4.78 is 33.2. The van der Waals surface area contributed by atoms with Crippen LogP contribution in [0.3, 0.4) is 0 Å². The minimum absolute atomic E-state index is 0.129. The minimum Gasteiger partial charge on any atom is -0.474 e. The zero-order chi connectivity index (χ0) is 20.9. The first-order valence-corrected chi connectivity index (χ1v) is 11.3. The fourth-order valence-electron chi connectivity index (χ4n) is 3.41. The van der Waals surface area contributed by atoms with Crippen LogP contribution in [0.1, 0.15) is 24.0 Å². The summed E-state index contributed by atoms with van der Waals surface area (Å²) in [4.78, 5) is 8.51. The number of piperidine rings is 1. The number of halogens is 1. The Kier molecular flexibility index (Phi) is 7.16. The molecule has 1 aromatic heterocycles. The first-order valence-electron chi connectivity index (χ1n) is 9.92. The lowest BCUT2D eigenvalue weighted by atomic mass is 10.0. The van der Waals surface area contributed by atoms with Crippen LogP contribution in [0.5, 0.6) is 17.5 Å². The van der Waals surface area contributed by atoms with Crippen LogP contribution < -0.4 is 14.8 Å². The van der Waals surface area contributed by atoms with Gasteiger partial charge in [-0.1, -0.05) is 17.7 Å². The van der Waals surface area contributed by atoms with Crippen molar-refractivity contribution in [1.82, 2.24) is 15.3 Å². The third kappa shape index (κ3) is 5.47. The average molecular weight is 454 g/mol. The molecule has 2 aliphatic rings. The Morgan fingerprint density at radius 2 is 1.93 bits per heavy atom. The van der Waals surface area contributed by atoms with Gasteiger partial charge < -0.3 is 14.8 Å². The number of benzene rings is 1. The third-order valence-corrected chi connectivity index (χ3v) is 6.04. The van der Waals surface area contributed by atoms with Gasteiger partial charge in [0.1, 0.15) is 18.2 Å². The molecule has 0 aliphatic carbocycles. The van der Waals surface area contributed by atoms with Crippen LogP contribution in [0.25, 0.3) is 0 Å². The van der Waals surface area contributed by atoms with E-state index >= 15 is 0 Å². The van der Waals surface area contributed by atoms with Crippen LogP contribution in [0, 0.1) is 12.8 Å². The van der Waals surface area contributed by atoms with E-state index < -0.39 is 11.4 Å². The lowest BCUT2D eigenvalue weighted by Gasteiger charge is -2.24. The number of nitrogens with zero attached hydrogens (tertiary/aromatic N) is 2. The smallest absolute Gasteiger partial charge is 0.304 e. The molecule has 4 rings (SSSR count). The Hall–Kier alpha value is -1.78. The van der Waals surface area contributed by atoms with E-state index in [0.29, 0.717) is 42.2 Å². The molecule has 2 saturated heterocycles. The molecule has 2 aliphatic heterocycles. The molecule has 1 aromatic carbocycles. The van der Waals surface area contributed by atoms with Crippen molar-refractivity contribution in [2.45, 2.75) is 32.3 Å². The largest absolute Gasteiger partial charge is 0.474 e. The molecule has 0 spiro atoms. The maximum Gasteiger partial charge on any atom is 0.304 e. The van der Waals surface area contributed by atoms with Gasteiger partial charge >= 0.3 is 11.4 Å². The monoisotopic (exact) mass is 453 g/mol. The Balaban J connectivity index is 1.42. The average Bonchev–Trinajstić information content (AvgIpc) is 2.75. The summed E-state index contributed by atoms with van der Waals surface area (Å²) in [7, 11) is 0. The summed E-state index contributed by atoms with van der Waals surface area (Å²) in [5.74, 6) is 1.59. The van der Waals surface area contributed by atoms with Crippen molar-refractivity contribution in [2.75, 3.05) is 26.3 Å². The summed E-state index contributed by atoms with van der Waals surface area (Å²) in [6, 6.07) is 5.61. The number of aromatic nitrogens is 2. The number of hydrogen-bond donors (Lipinski definition) is 1. The van der Waals surface area contributed by atoms with Gasteiger partial charge in [0.15, 0.2) is 0 Å². The minimum atomic E-state index is -1.63. The molecule has 3 heterocycles. The van der Waals surface area contributed by atoms with E-state index in [1.165, 1.54) is 6.33 Å². The maximum absolute atomic E-state index is 11.1.